The minimum atomic E-state index is 0.0705. The van der Waals surface area contributed by atoms with Crippen LogP contribution in [-0.2, 0) is 14.5 Å². The summed E-state index contributed by atoms with van der Waals surface area (Å²) in [7, 11) is 0. The Morgan fingerprint density at radius 1 is 0.889 bits per heavy atom. The average molecular weight is 261 g/mol. The first-order valence-electron chi connectivity index (χ1n) is 7.37. The van der Waals surface area contributed by atoms with Gasteiger partial charge in [-0.3, -0.25) is 0 Å². The fraction of sp³-hybridized carbons (Fsp3) is 1.00. The van der Waals surface area contributed by atoms with Crippen LogP contribution in [0.1, 0.15) is 58.8 Å². The van der Waals surface area contributed by atoms with Gasteiger partial charge in [-0.15, -0.1) is 0 Å². The van der Waals surface area contributed by atoms with E-state index >= 15 is 0 Å². The summed E-state index contributed by atoms with van der Waals surface area (Å²) < 4.78 is 5.47. The summed E-state index contributed by atoms with van der Waals surface area (Å²) in [5, 5.41) is 0. The van der Waals surface area contributed by atoms with E-state index < -0.39 is 0 Å². The third-order valence-electron chi connectivity index (χ3n) is 2.72. The zero-order chi connectivity index (χ0) is 13.5. The zero-order valence-corrected chi connectivity index (χ0v) is 12.2. The highest BCUT2D eigenvalue weighted by Crippen LogP contribution is 2.05. The highest BCUT2D eigenvalue weighted by atomic mass is 17.2. The Morgan fingerprint density at radius 3 is 2.33 bits per heavy atom. The molecule has 18 heavy (non-hydrogen) atoms. The largest absolute Gasteiger partial charge is 0.376 e. The summed E-state index contributed by atoms with van der Waals surface area (Å²) >= 11 is 0. The van der Waals surface area contributed by atoms with Gasteiger partial charge in [-0.05, 0) is 26.3 Å². The molecule has 0 aliphatic rings. The van der Waals surface area contributed by atoms with Crippen LogP contribution in [0.4, 0.5) is 0 Å². The lowest BCUT2D eigenvalue weighted by atomic mass is 10.1. The second kappa shape index (κ2) is 14.9. The summed E-state index contributed by atoms with van der Waals surface area (Å²) in [6.45, 7) is 6.74. The fourth-order valence-electron chi connectivity index (χ4n) is 1.56. The van der Waals surface area contributed by atoms with Gasteiger partial charge in [0.05, 0.1) is 12.7 Å². The van der Waals surface area contributed by atoms with E-state index in [1.165, 1.54) is 32.1 Å². The van der Waals surface area contributed by atoms with Gasteiger partial charge >= 0.3 is 0 Å². The van der Waals surface area contributed by atoms with Crippen LogP contribution >= 0.6 is 0 Å². The van der Waals surface area contributed by atoms with Crippen LogP contribution in [0, 0.1) is 0 Å². The maximum absolute atomic E-state index is 5.47. The van der Waals surface area contributed by atoms with Crippen LogP contribution in [0.3, 0.4) is 0 Å². The van der Waals surface area contributed by atoms with Crippen molar-refractivity contribution in [3.05, 3.63) is 0 Å². The molecule has 1 atom stereocenters. The Kier molecular flexibility index (Phi) is 14.8. The van der Waals surface area contributed by atoms with E-state index in [0.717, 1.165) is 12.8 Å². The lowest BCUT2D eigenvalue weighted by Crippen LogP contribution is -2.18. The molecule has 0 rings (SSSR count). The summed E-state index contributed by atoms with van der Waals surface area (Å²) in [6.07, 6.45) is 8.54. The molecule has 1 unspecified atom stereocenters. The molecule has 0 saturated carbocycles. The molecule has 0 aromatic heterocycles. The highest BCUT2D eigenvalue weighted by Gasteiger charge is 2.02. The lowest BCUT2D eigenvalue weighted by molar-refractivity contribution is -0.306. The maximum Gasteiger partial charge on any atom is 0.108 e. The minimum Gasteiger partial charge on any atom is -0.376 e. The second-order valence-electron chi connectivity index (χ2n) is 4.70. The van der Waals surface area contributed by atoms with Crippen LogP contribution in [0.15, 0.2) is 0 Å². The van der Waals surface area contributed by atoms with Crippen molar-refractivity contribution >= 4 is 0 Å². The van der Waals surface area contributed by atoms with E-state index in [1.807, 2.05) is 6.92 Å². The van der Waals surface area contributed by atoms with Gasteiger partial charge < -0.3 is 10.5 Å². The van der Waals surface area contributed by atoms with Crippen LogP contribution < -0.4 is 5.73 Å². The molecular weight excluding hydrogens is 230 g/mol. The molecular formula is C14H31NO3. The molecule has 0 aliphatic heterocycles. The van der Waals surface area contributed by atoms with Crippen molar-refractivity contribution in [2.24, 2.45) is 5.73 Å². The molecule has 110 valence electrons. The maximum atomic E-state index is 5.47. The first kappa shape index (κ1) is 17.8. The summed E-state index contributed by atoms with van der Waals surface area (Å²) in [4.78, 5) is 10.2. The van der Waals surface area contributed by atoms with Gasteiger partial charge in [-0.1, -0.05) is 39.0 Å². The van der Waals surface area contributed by atoms with Crippen LogP contribution in [0.25, 0.3) is 0 Å². The molecule has 0 bridgehead atoms. The number of nitrogens with two attached hydrogens (primary N) is 1. The first-order valence-corrected chi connectivity index (χ1v) is 7.37. The number of rotatable bonds is 14. The van der Waals surface area contributed by atoms with E-state index in [4.69, 9.17) is 20.2 Å². The van der Waals surface area contributed by atoms with Crippen molar-refractivity contribution in [2.75, 3.05) is 26.4 Å². The van der Waals surface area contributed by atoms with E-state index in [-0.39, 0.29) is 6.10 Å². The molecule has 0 saturated heterocycles. The number of ether oxygens (including phenoxy) is 1. The Balaban J connectivity index is 3.05. The molecule has 2 N–H and O–H groups in total. The molecule has 0 aromatic carbocycles. The van der Waals surface area contributed by atoms with Crippen molar-refractivity contribution in [1.29, 1.82) is 0 Å². The van der Waals surface area contributed by atoms with E-state index in [9.17, 15) is 0 Å². The summed E-state index contributed by atoms with van der Waals surface area (Å²) in [5.74, 6) is 0. The molecule has 0 heterocycles. The number of hydrogen-bond acceptors (Lipinski definition) is 4. The molecule has 0 radical (unpaired) electrons. The molecule has 4 nitrogen and oxygen atoms in total. The van der Waals surface area contributed by atoms with Gasteiger partial charge in [0.1, 0.15) is 6.61 Å². The smallest absolute Gasteiger partial charge is 0.108 e. The minimum absolute atomic E-state index is 0.0705. The van der Waals surface area contributed by atoms with Crippen molar-refractivity contribution < 1.29 is 14.5 Å². The van der Waals surface area contributed by atoms with Gasteiger partial charge in [-0.2, -0.15) is 0 Å². The Labute approximate surface area is 112 Å². The van der Waals surface area contributed by atoms with Gasteiger partial charge in [0.25, 0.3) is 0 Å². The van der Waals surface area contributed by atoms with Crippen LogP contribution in [0.2, 0.25) is 0 Å². The zero-order valence-electron chi connectivity index (χ0n) is 12.2. The predicted octanol–water partition coefficient (Wildman–Crippen LogP) is 3.05. The van der Waals surface area contributed by atoms with Crippen LogP contribution in [0.5, 0.6) is 0 Å². The van der Waals surface area contributed by atoms with E-state index in [2.05, 4.69) is 6.92 Å². The Bertz CT molecular complexity index is 156. The monoisotopic (exact) mass is 261 g/mol. The van der Waals surface area contributed by atoms with Gasteiger partial charge in [-0.25, -0.2) is 9.78 Å². The van der Waals surface area contributed by atoms with Crippen molar-refractivity contribution in [1.82, 2.24) is 0 Å². The highest BCUT2D eigenvalue weighted by molar-refractivity contribution is 4.46. The van der Waals surface area contributed by atoms with Gasteiger partial charge in [0.15, 0.2) is 0 Å². The average Bonchev–Trinajstić information content (AvgIpc) is 2.37. The SMILES string of the molecule is CCCCCCCCOOCC(C)OCCCN. The second-order valence-corrected chi connectivity index (χ2v) is 4.70. The Hall–Kier alpha value is -0.160. The topological polar surface area (TPSA) is 53.7 Å². The number of hydrogen-bond donors (Lipinski definition) is 1. The summed E-state index contributed by atoms with van der Waals surface area (Å²) in [6, 6.07) is 0. The molecule has 0 aliphatic carbocycles. The standard InChI is InChI=1S/C14H31NO3/c1-3-4-5-6-7-8-12-17-18-13-14(2)16-11-9-10-15/h14H,3-13,15H2,1-2H3. The summed E-state index contributed by atoms with van der Waals surface area (Å²) in [5.41, 5.74) is 5.38. The lowest BCUT2D eigenvalue weighted by Gasteiger charge is -2.12. The first-order chi connectivity index (χ1) is 8.81. The quantitative estimate of drug-likeness (QED) is 0.297. The van der Waals surface area contributed by atoms with E-state index in [1.54, 1.807) is 0 Å². The molecule has 0 spiro atoms. The van der Waals surface area contributed by atoms with Crippen molar-refractivity contribution in [2.45, 2.75) is 64.9 Å². The van der Waals surface area contributed by atoms with Crippen molar-refractivity contribution in [3.8, 4) is 0 Å². The normalized spacial score (nSPS) is 12.8. The van der Waals surface area contributed by atoms with Gasteiger partial charge in [0, 0.05) is 6.61 Å². The van der Waals surface area contributed by atoms with Crippen molar-refractivity contribution in [3.63, 3.8) is 0 Å². The fourth-order valence-corrected chi connectivity index (χ4v) is 1.56. The predicted molar refractivity (Wildman–Crippen MR) is 74.4 cm³/mol. The molecule has 0 aromatic rings. The van der Waals surface area contributed by atoms with Crippen LogP contribution in [-0.4, -0.2) is 32.5 Å². The third-order valence-corrected chi connectivity index (χ3v) is 2.72. The molecule has 4 heteroatoms. The van der Waals surface area contributed by atoms with E-state index in [0.29, 0.717) is 26.4 Å². The third kappa shape index (κ3) is 13.9. The molecule has 0 fully saturated rings. The molecule has 0 amide bonds. The number of unbranched alkanes of at least 4 members (excludes halogenated alkanes) is 5. The van der Waals surface area contributed by atoms with Gasteiger partial charge in [0.2, 0.25) is 0 Å². The Morgan fingerprint density at radius 2 is 1.61 bits per heavy atom.